The Morgan fingerprint density at radius 2 is 2.38 bits per heavy atom. The van der Waals surface area contributed by atoms with Crippen LogP contribution in [0.1, 0.15) is 32.1 Å². The molecule has 1 fully saturated rings. The number of carboxylic acid groups (broad SMARTS) is 1. The number of hydrogen-bond donors (Lipinski definition) is 1. The van der Waals surface area contributed by atoms with Crippen molar-refractivity contribution < 1.29 is 9.90 Å². The van der Waals surface area contributed by atoms with Crippen molar-refractivity contribution in [3.8, 4) is 0 Å². The molecule has 1 aliphatic carbocycles. The molecule has 1 saturated carbocycles. The second kappa shape index (κ2) is 3.32. The SMILES string of the molecule is O=C(O)C1=CN=C2CCCCC2C1. The summed E-state index contributed by atoms with van der Waals surface area (Å²) in [5, 5.41) is 8.79. The highest BCUT2D eigenvalue weighted by Crippen LogP contribution is 2.30. The maximum Gasteiger partial charge on any atom is 0.333 e. The van der Waals surface area contributed by atoms with Crippen LogP contribution in [0.2, 0.25) is 0 Å². The van der Waals surface area contributed by atoms with Crippen LogP contribution in [0, 0.1) is 5.92 Å². The molecule has 2 rings (SSSR count). The molecule has 1 unspecified atom stereocenters. The van der Waals surface area contributed by atoms with Gasteiger partial charge in [0.2, 0.25) is 0 Å². The third-order valence-electron chi connectivity index (χ3n) is 2.83. The van der Waals surface area contributed by atoms with E-state index < -0.39 is 5.97 Å². The summed E-state index contributed by atoms with van der Waals surface area (Å²) in [5.74, 6) is -0.391. The first-order chi connectivity index (χ1) is 6.27. The number of carboxylic acids is 1. The Morgan fingerprint density at radius 1 is 1.54 bits per heavy atom. The molecule has 0 aromatic rings. The van der Waals surface area contributed by atoms with Crippen LogP contribution in [0.25, 0.3) is 0 Å². The third-order valence-corrected chi connectivity index (χ3v) is 2.83. The standard InChI is InChI=1S/C10H13NO2/c12-10(13)8-5-7-3-1-2-4-9(7)11-6-8/h6-7H,1-5H2,(H,12,13). The number of aliphatic imine (C=N–C) groups is 1. The quantitative estimate of drug-likeness (QED) is 0.669. The first-order valence-corrected chi connectivity index (χ1v) is 4.76. The smallest absolute Gasteiger partial charge is 0.333 e. The Balaban J connectivity index is 2.18. The lowest BCUT2D eigenvalue weighted by atomic mass is 9.82. The zero-order valence-corrected chi connectivity index (χ0v) is 7.49. The predicted octanol–water partition coefficient (Wildman–Crippen LogP) is 1.99. The summed E-state index contributed by atoms with van der Waals surface area (Å²) in [4.78, 5) is 14.9. The van der Waals surface area contributed by atoms with Crippen LogP contribution < -0.4 is 0 Å². The van der Waals surface area contributed by atoms with E-state index in [2.05, 4.69) is 4.99 Å². The van der Waals surface area contributed by atoms with E-state index in [9.17, 15) is 4.79 Å². The van der Waals surface area contributed by atoms with Gasteiger partial charge in [-0.1, -0.05) is 6.42 Å². The fourth-order valence-corrected chi connectivity index (χ4v) is 2.08. The van der Waals surface area contributed by atoms with Gasteiger partial charge in [-0.2, -0.15) is 0 Å². The van der Waals surface area contributed by atoms with Crippen molar-refractivity contribution in [2.45, 2.75) is 32.1 Å². The van der Waals surface area contributed by atoms with Crippen LogP contribution >= 0.6 is 0 Å². The lowest BCUT2D eigenvalue weighted by Crippen LogP contribution is -2.23. The molecule has 0 aromatic heterocycles. The lowest BCUT2D eigenvalue weighted by Gasteiger charge is -2.26. The number of carbonyl (C=O) groups is 1. The molecule has 0 saturated heterocycles. The molecule has 0 spiro atoms. The van der Waals surface area contributed by atoms with Crippen molar-refractivity contribution in [1.29, 1.82) is 0 Å². The van der Waals surface area contributed by atoms with Gasteiger partial charge in [0.25, 0.3) is 0 Å². The molecule has 13 heavy (non-hydrogen) atoms. The van der Waals surface area contributed by atoms with E-state index in [-0.39, 0.29) is 0 Å². The fourth-order valence-electron chi connectivity index (χ4n) is 2.08. The second-order valence-corrected chi connectivity index (χ2v) is 3.73. The van der Waals surface area contributed by atoms with Crippen LogP contribution in [0.3, 0.4) is 0 Å². The number of nitrogens with zero attached hydrogens (tertiary/aromatic N) is 1. The molecule has 1 heterocycles. The van der Waals surface area contributed by atoms with E-state index in [4.69, 9.17) is 5.11 Å². The van der Waals surface area contributed by atoms with E-state index in [0.717, 1.165) is 12.8 Å². The molecule has 2 aliphatic rings. The molecular formula is C10H13NO2. The normalized spacial score (nSPS) is 27.2. The van der Waals surface area contributed by atoms with Crippen molar-refractivity contribution in [3.05, 3.63) is 11.8 Å². The zero-order valence-electron chi connectivity index (χ0n) is 7.49. The largest absolute Gasteiger partial charge is 0.478 e. The summed E-state index contributed by atoms with van der Waals surface area (Å²) in [6, 6.07) is 0. The molecule has 3 nitrogen and oxygen atoms in total. The second-order valence-electron chi connectivity index (χ2n) is 3.73. The molecule has 1 atom stereocenters. The monoisotopic (exact) mass is 179 g/mol. The van der Waals surface area contributed by atoms with E-state index in [1.165, 1.54) is 24.8 Å². The highest BCUT2D eigenvalue weighted by Gasteiger charge is 2.25. The van der Waals surface area contributed by atoms with E-state index >= 15 is 0 Å². The van der Waals surface area contributed by atoms with Crippen LogP contribution in [0.15, 0.2) is 16.8 Å². The minimum Gasteiger partial charge on any atom is -0.478 e. The maximum absolute atomic E-state index is 10.7. The Labute approximate surface area is 77.2 Å². The Bertz CT molecular complexity index is 291. The predicted molar refractivity (Wildman–Crippen MR) is 49.7 cm³/mol. The van der Waals surface area contributed by atoms with Gasteiger partial charge < -0.3 is 5.11 Å². The van der Waals surface area contributed by atoms with Gasteiger partial charge in [0.15, 0.2) is 0 Å². The number of fused-ring (bicyclic) bond motifs is 1. The van der Waals surface area contributed by atoms with Gasteiger partial charge in [-0.25, -0.2) is 4.79 Å². The number of hydrogen-bond acceptors (Lipinski definition) is 2. The van der Waals surface area contributed by atoms with E-state index in [0.29, 0.717) is 17.9 Å². The molecule has 0 radical (unpaired) electrons. The number of rotatable bonds is 1. The summed E-state index contributed by atoms with van der Waals surface area (Å²) < 4.78 is 0. The van der Waals surface area contributed by atoms with Crippen LogP contribution in [0.5, 0.6) is 0 Å². The van der Waals surface area contributed by atoms with Crippen LogP contribution in [-0.2, 0) is 4.79 Å². The van der Waals surface area contributed by atoms with Crippen molar-refractivity contribution in [1.82, 2.24) is 0 Å². The Kier molecular flexibility index (Phi) is 2.17. The van der Waals surface area contributed by atoms with Crippen LogP contribution in [0.4, 0.5) is 0 Å². The van der Waals surface area contributed by atoms with Gasteiger partial charge >= 0.3 is 5.97 Å². The minimum absolute atomic E-state index is 0.421. The average molecular weight is 179 g/mol. The molecule has 0 amide bonds. The highest BCUT2D eigenvalue weighted by atomic mass is 16.4. The summed E-state index contributed by atoms with van der Waals surface area (Å²) in [5.41, 5.74) is 1.69. The zero-order chi connectivity index (χ0) is 9.26. The molecular weight excluding hydrogens is 166 g/mol. The first kappa shape index (κ1) is 8.48. The topological polar surface area (TPSA) is 49.7 Å². The van der Waals surface area contributed by atoms with Gasteiger partial charge in [-0.05, 0) is 25.7 Å². The van der Waals surface area contributed by atoms with Crippen molar-refractivity contribution in [2.24, 2.45) is 10.9 Å². The van der Waals surface area contributed by atoms with Gasteiger partial charge in [0.05, 0.1) is 5.57 Å². The van der Waals surface area contributed by atoms with Crippen molar-refractivity contribution in [3.63, 3.8) is 0 Å². The minimum atomic E-state index is -0.812. The molecule has 0 aromatic carbocycles. The fraction of sp³-hybridized carbons (Fsp3) is 0.600. The highest BCUT2D eigenvalue weighted by molar-refractivity contribution is 5.94. The van der Waals surface area contributed by atoms with E-state index in [1.54, 1.807) is 0 Å². The van der Waals surface area contributed by atoms with Crippen molar-refractivity contribution in [2.75, 3.05) is 0 Å². The number of aliphatic carboxylic acids is 1. The third kappa shape index (κ3) is 1.64. The molecule has 1 N–H and O–H groups in total. The van der Waals surface area contributed by atoms with Gasteiger partial charge in [-0.15, -0.1) is 0 Å². The molecule has 1 aliphatic heterocycles. The van der Waals surface area contributed by atoms with E-state index in [1.807, 2.05) is 0 Å². The summed E-state index contributed by atoms with van der Waals surface area (Å²) >= 11 is 0. The van der Waals surface area contributed by atoms with Gasteiger partial charge in [-0.3, -0.25) is 4.99 Å². The van der Waals surface area contributed by atoms with Crippen LogP contribution in [-0.4, -0.2) is 16.8 Å². The summed E-state index contributed by atoms with van der Waals surface area (Å²) in [7, 11) is 0. The molecule has 0 bridgehead atoms. The summed E-state index contributed by atoms with van der Waals surface area (Å²) in [6.45, 7) is 0. The molecule has 3 heteroatoms. The van der Waals surface area contributed by atoms with Gasteiger partial charge in [0.1, 0.15) is 0 Å². The Hall–Kier alpha value is -1.12. The maximum atomic E-state index is 10.7. The Morgan fingerprint density at radius 3 is 3.15 bits per heavy atom. The lowest BCUT2D eigenvalue weighted by molar-refractivity contribution is -0.132. The average Bonchev–Trinajstić information content (AvgIpc) is 2.17. The first-order valence-electron chi connectivity index (χ1n) is 4.76. The summed E-state index contributed by atoms with van der Waals surface area (Å²) in [6.07, 6.45) is 6.83. The molecule has 70 valence electrons. The van der Waals surface area contributed by atoms with Gasteiger partial charge in [0, 0.05) is 17.8 Å². The van der Waals surface area contributed by atoms with Crippen molar-refractivity contribution >= 4 is 11.7 Å².